The fraction of sp³-hybridized carbons (Fsp3) is 0.800. The number of hydrogen-bond acceptors (Lipinski definition) is 5. The summed E-state index contributed by atoms with van der Waals surface area (Å²) in [4.78, 5) is 25.2. The standard InChI is InChI=1S/C10H18N2O6S/c1-11(3-4-19(2,17)18)10(16)12-6-7(13)5-8(12)9(14)15/h7-8,13H,3-6H2,1-2H3,(H,14,15)/t7-,8-/m0/s1. The molecule has 0 radical (unpaired) electrons. The molecule has 1 aliphatic rings. The van der Waals surface area contributed by atoms with Gasteiger partial charge in [-0.25, -0.2) is 18.0 Å². The van der Waals surface area contributed by atoms with Crippen LogP contribution in [-0.4, -0.2) is 84.7 Å². The molecule has 19 heavy (non-hydrogen) atoms. The molecule has 2 atom stereocenters. The first-order valence-corrected chi connectivity index (χ1v) is 7.78. The molecule has 8 nitrogen and oxygen atoms in total. The maximum atomic E-state index is 12.0. The van der Waals surface area contributed by atoms with E-state index in [0.29, 0.717) is 0 Å². The van der Waals surface area contributed by atoms with E-state index in [1.165, 1.54) is 7.05 Å². The molecule has 0 aromatic rings. The van der Waals surface area contributed by atoms with Gasteiger partial charge in [0, 0.05) is 32.8 Å². The Morgan fingerprint density at radius 2 is 2.00 bits per heavy atom. The zero-order chi connectivity index (χ0) is 14.8. The molecule has 0 aliphatic carbocycles. The molecule has 1 heterocycles. The fourth-order valence-electron chi connectivity index (χ4n) is 1.88. The number of urea groups is 1. The SMILES string of the molecule is CN(CCS(C)(=O)=O)C(=O)N1C[C@@H](O)C[C@H]1C(=O)O. The van der Waals surface area contributed by atoms with Gasteiger partial charge in [-0.2, -0.15) is 0 Å². The van der Waals surface area contributed by atoms with Crippen molar-refractivity contribution in [2.24, 2.45) is 0 Å². The number of amides is 2. The number of aliphatic hydroxyl groups excluding tert-OH is 1. The van der Waals surface area contributed by atoms with Gasteiger partial charge >= 0.3 is 12.0 Å². The summed E-state index contributed by atoms with van der Waals surface area (Å²) in [6, 6.07) is -1.66. The molecule has 2 amide bonds. The Morgan fingerprint density at radius 1 is 1.42 bits per heavy atom. The van der Waals surface area contributed by atoms with Crippen molar-refractivity contribution in [3.8, 4) is 0 Å². The first-order valence-electron chi connectivity index (χ1n) is 5.72. The van der Waals surface area contributed by atoms with Crippen LogP contribution in [0.1, 0.15) is 6.42 Å². The number of carboxylic acids is 1. The van der Waals surface area contributed by atoms with Crippen LogP contribution in [0.15, 0.2) is 0 Å². The molecule has 0 spiro atoms. The number of likely N-dealkylation sites (tertiary alicyclic amines) is 1. The van der Waals surface area contributed by atoms with Crippen LogP contribution in [-0.2, 0) is 14.6 Å². The van der Waals surface area contributed by atoms with Gasteiger partial charge in [0.25, 0.3) is 0 Å². The summed E-state index contributed by atoms with van der Waals surface area (Å²) in [5.74, 6) is -1.37. The number of nitrogens with zero attached hydrogens (tertiary/aromatic N) is 2. The highest BCUT2D eigenvalue weighted by atomic mass is 32.2. The van der Waals surface area contributed by atoms with E-state index in [-0.39, 0.29) is 25.3 Å². The van der Waals surface area contributed by atoms with E-state index in [4.69, 9.17) is 5.11 Å². The van der Waals surface area contributed by atoms with Crippen LogP contribution in [0.25, 0.3) is 0 Å². The second kappa shape index (κ2) is 5.74. The lowest BCUT2D eigenvalue weighted by atomic mass is 10.2. The highest BCUT2D eigenvalue weighted by Crippen LogP contribution is 2.19. The molecule has 0 aromatic heterocycles. The zero-order valence-electron chi connectivity index (χ0n) is 10.8. The van der Waals surface area contributed by atoms with Gasteiger partial charge in [-0.1, -0.05) is 0 Å². The van der Waals surface area contributed by atoms with Crippen molar-refractivity contribution >= 4 is 21.8 Å². The molecule has 9 heteroatoms. The van der Waals surface area contributed by atoms with Crippen LogP contribution in [0.4, 0.5) is 4.79 Å². The Kier molecular flexibility index (Phi) is 4.75. The number of β-amino-alcohol motifs (C(OH)–C–C–N with tert-alkyl or cyclic N) is 1. The number of rotatable bonds is 4. The van der Waals surface area contributed by atoms with Crippen molar-refractivity contribution in [1.82, 2.24) is 9.80 Å². The Hall–Kier alpha value is -1.35. The summed E-state index contributed by atoms with van der Waals surface area (Å²) in [5.41, 5.74) is 0. The van der Waals surface area contributed by atoms with E-state index in [1.54, 1.807) is 0 Å². The van der Waals surface area contributed by atoms with Crippen molar-refractivity contribution in [2.75, 3.05) is 32.1 Å². The molecule has 2 N–H and O–H groups in total. The molecule has 110 valence electrons. The number of carbonyl (C=O) groups is 2. The van der Waals surface area contributed by atoms with E-state index >= 15 is 0 Å². The van der Waals surface area contributed by atoms with Crippen molar-refractivity contribution in [2.45, 2.75) is 18.6 Å². The van der Waals surface area contributed by atoms with E-state index in [0.717, 1.165) is 16.1 Å². The summed E-state index contributed by atoms with van der Waals surface area (Å²) >= 11 is 0. The van der Waals surface area contributed by atoms with E-state index in [2.05, 4.69) is 0 Å². The summed E-state index contributed by atoms with van der Waals surface area (Å²) < 4.78 is 22.0. The van der Waals surface area contributed by atoms with Gasteiger partial charge in [0.1, 0.15) is 15.9 Å². The highest BCUT2D eigenvalue weighted by molar-refractivity contribution is 7.90. The summed E-state index contributed by atoms with van der Waals surface area (Å²) in [7, 11) is -1.80. The third-order valence-corrected chi connectivity index (χ3v) is 3.86. The number of carbonyl (C=O) groups excluding carboxylic acids is 1. The normalized spacial score (nSPS) is 23.4. The van der Waals surface area contributed by atoms with E-state index < -0.39 is 34.0 Å². The molecule has 0 aromatic carbocycles. The zero-order valence-corrected chi connectivity index (χ0v) is 11.6. The smallest absolute Gasteiger partial charge is 0.326 e. The molecular formula is C10H18N2O6S. The third kappa shape index (κ3) is 4.35. The van der Waals surface area contributed by atoms with Gasteiger partial charge in [0.05, 0.1) is 11.9 Å². The Bertz CT molecular complexity index is 463. The number of sulfone groups is 1. The van der Waals surface area contributed by atoms with Crippen LogP contribution in [0, 0.1) is 0 Å². The minimum Gasteiger partial charge on any atom is -0.480 e. The topological polar surface area (TPSA) is 115 Å². The van der Waals surface area contributed by atoms with Crippen molar-refractivity contribution in [3.05, 3.63) is 0 Å². The second-order valence-electron chi connectivity index (χ2n) is 4.73. The average molecular weight is 294 g/mol. The van der Waals surface area contributed by atoms with Gasteiger partial charge in [-0.3, -0.25) is 0 Å². The Labute approximate surface area is 111 Å². The molecule has 1 fully saturated rings. The number of carboxylic acid groups (broad SMARTS) is 1. The van der Waals surface area contributed by atoms with E-state index in [9.17, 15) is 23.1 Å². The van der Waals surface area contributed by atoms with Gasteiger partial charge in [-0.05, 0) is 0 Å². The lowest BCUT2D eigenvalue weighted by Gasteiger charge is -2.27. The van der Waals surface area contributed by atoms with Crippen molar-refractivity contribution < 1.29 is 28.2 Å². The molecule has 1 saturated heterocycles. The average Bonchev–Trinajstić information content (AvgIpc) is 2.66. The summed E-state index contributed by atoms with van der Waals surface area (Å²) in [6.07, 6.45) is 0.180. The van der Waals surface area contributed by atoms with Gasteiger partial charge < -0.3 is 20.0 Å². The number of aliphatic hydroxyl groups is 1. The monoisotopic (exact) mass is 294 g/mol. The molecule has 1 rings (SSSR count). The molecule has 0 unspecified atom stereocenters. The lowest BCUT2D eigenvalue weighted by molar-refractivity contribution is -0.141. The minimum atomic E-state index is -3.19. The van der Waals surface area contributed by atoms with Crippen LogP contribution in [0.2, 0.25) is 0 Å². The maximum Gasteiger partial charge on any atom is 0.326 e. The Morgan fingerprint density at radius 3 is 2.47 bits per heavy atom. The molecule has 0 bridgehead atoms. The van der Waals surface area contributed by atoms with Crippen LogP contribution < -0.4 is 0 Å². The largest absolute Gasteiger partial charge is 0.480 e. The number of hydrogen-bond donors (Lipinski definition) is 2. The van der Waals surface area contributed by atoms with Crippen LogP contribution in [0.3, 0.4) is 0 Å². The quantitative estimate of drug-likeness (QED) is 0.659. The van der Waals surface area contributed by atoms with Gasteiger partial charge in [0.2, 0.25) is 0 Å². The molecule has 0 saturated carbocycles. The number of aliphatic carboxylic acids is 1. The summed E-state index contributed by atoms with van der Waals surface area (Å²) in [5, 5.41) is 18.4. The van der Waals surface area contributed by atoms with E-state index in [1.807, 2.05) is 0 Å². The summed E-state index contributed by atoms with van der Waals surface area (Å²) in [6.45, 7) is -0.0738. The van der Waals surface area contributed by atoms with Crippen molar-refractivity contribution in [1.29, 1.82) is 0 Å². The minimum absolute atomic E-state index is 0.0129. The lowest BCUT2D eigenvalue weighted by Crippen LogP contribution is -2.47. The van der Waals surface area contributed by atoms with Crippen LogP contribution >= 0.6 is 0 Å². The van der Waals surface area contributed by atoms with Gasteiger partial charge in [-0.15, -0.1) is 0 Å². The first kappa shape index (κ1) is 15.7. The molecule has 1 aliphatic heterocycles. The first-order chi connectivity index (χ1) is 8.61. The predicted molar refractivity (Wildman–Crippen MR) is 66.5 cm³/mol. The van der Waals surface area contributed by atoms with Crippen molar-refractivity contribution in [3.63, 3.8) is 0 Å². The Balaban J connectivity index is 2.68. The third-order valence-electron chi connectivity index (χ3n) is 2.93. The predicted octanol–water partition coefficient (Wildman–Crippen LogP) is -1.40. The van der Waals surface area contributed by atoms with Crippen LogP contribution in [0.5, 0.6) is 0 Å². The molecular weight excluding hydrogens is 276 g/mol. The fourth-order valence-corrected chi connectivity index (χ4v) is 2.48. The highest BCUT2D eigenvalue weighted by Gasteiger charge is 2.40. The second-order valence-corrected chi connectivity index (χ2v) is 6.99. The van der Waals surface area contributed by atoms with Gasteiger partial charge in [0.15, 0.2) is 0 Å². The maximum absolute atomic E-state index is 12.0.